The zero-order valence-corrected chi connectivity index (χ0v) is 20.3. The molecule has 0 aromatic heterocycles. The van der Waals surface area contributed by atoms with Gasteiger partial charge in [0.15, 0.2) is 0 Å². The normalized spacial score (nSPS) is 13.8. The van der Waals surface area contributed by atoms with Crippen LogP contribution in [0.1, 0.15) is 12.8 Å². The maximum Gasteiger partial charge on any atom is 0.322 e. The molecule has 0 heterocycles. The third-order valence-electron chi connectivity index (χ3n) is 3.46. The van der Waals surface area contributed by atoms with Crippen molar-refractivity contribution in [1.29, 1.82) is 0 Å². The Bertz CT molecular complexity index is 693. The number of aliphatic carboxylic acids is 4. The lowest BCUT2D eigenvalue weighted by molar-refractivity contribution is -0.139. The Balaban J connectivity index is 0. The van der Waals surface area contributed by atoms with Gasteiger partial charge < -0.3 is 48.3 Å². The summed E-state index contributed by atoms with van der Waals surface area (Å²) in [6.45, 7) is -0.567. The van der Waals surface area contributed by atoms with E-state index in [1.165, 1.54) is 21.6 Å². The monoisotopic (exact) mass is 547 g/mol. The molecule has 18 heteroatoms. The SMILES string of the molecule is NC(CCC(=O)NC(CS)C(=O)NCC(=O)O)C(=O)O.NC(CSSC[C@H](N)C(=O)O)C(=O)O. The molecule has 0 radical (unpaired) electrons. The Morgan fingerprint density at radius 2 is 1.24 bits per heavy atom. The fourth-order valence-corrected chi connectivity index (χ4v) is 4.03. The van der Waals surface area contributed by atoms with Crippen LogP contribution in [0.2, 0.25) is 0 Å². The molecule has 0 aromatic rings. The Hall–Kier alpha value is -2.25. The summed E-state index contributed by atoms with van der Waals surface area (Å²) in [7, 11) is 2.41. The summed E-state index contributed by atoms with van der Waals surface area (Å²) in [4.78, 5) is 64.3. The zero-order valence-electron chi connectivity index (χ0n) is 17.8. The lowest BCUT2D eigenvalue weighted by Crippen LogP contribution is -2.49. The van der Waals surface area contributed by atoms with Gasteiger partial charge in [0.1, 0.15) is 30.7 Å². The van der Waals surface area contributed by atoms with E-state index in [1.54, 1.807) is 0 Å². The highest BCUT2D eigenvalue weighted by Gasteiger charge is 2.21. The van der Waals surface area contributed by atoms with Crippen molar-refractivity contribution < 1.29 is 49.2 Å². The lowest BCUT2D eigenvalue weighted by Gasteiger charge is -2.16. The van der Waals surface area contributed by atoms with Crippen molar-refractivity contribution in [2.75, 3.05) is 23.8 Å². The van der Waals surface area contributed by atoms with Gasteiger partial charge in [0, 0.05) is 23.7 Å². The highest BCUT2D eigenvalue weighted by atomic mass is 33.1. The van der Waals surface area contributed by atoms with E-state index >= 15 is 0 Å². The minimum absolute atomic E-state index is 0.0256. The van der Waals surface area contributed by atoms with Crippen LogP contribution in [0.25, 0.3) is 0 Å². The second-order valence-electron chi connectivity index (χ2n) is 6.36. The minimum atomic E-state index is -1.22. The molecule has 12 N–H and O–H groups in total. The van der Waals surface area contributed by atoms with Crippen molar-refractivity contribution in [3.63, 3.8) is 0 Å². The van der Waals surface area contributed by atoms with Gasteiger partial charge in [-0.1, -0.05) is 21.6 Å². The largest absolute Gasteiger partial charge is 0.480 e. The third-order valence-corrected chi connectivity index (χ3v) is 6.30. The smallest absolute Gasteiger partial charge is 0.322 e. The summed E-state index contributed by atoms with van der Waals surface area (Å²) >= 11 is 3.87. The highest BCUT2D eigenvalue weighted by Crippen LogP contribution is 2.22. The topological polar surface area (TPSA) is 285 Å². The molecule has 15 nitrogen and oxygen atoms in total. The first-order chi connectivity index (χ1) is 15.7. The molecule has 0 fully saturated rings. The second kappa shape index (κ2) is 19.1. The van der Waals surface area contributed by atoms with Gasteiger partial charge in [-0.25, -0.2) is 0 Å². The first-order valence-corrected chi connectivity index (χ1v) is 12.4. The van der Waals surface area contributed by atoms with E-state index in [0.29, 0.717) is 0 Å². The van der Waals surface area contributed by atoms with Crippen molar-refractivity contribution >= 4 is 69.9 Å². The molecule has 0 saturated heterocycles. The van der Waals surface area contributed by atoms with Crippen molar-refractivity contribution in [2.45, 2.75) is 37.0 Å². The Labute approximate surface area is 207 Å². The summed E-state index contributed by atoms with van der Waals surface area (Å²) in [6.07, 6.45) is -0.235. The number of carbonyl (C=O) groups excluding carboxylic acids is 2. The van der Waals surface area contributed by atoms with Gasteiger partial charge in [0.05, 0.1) is 0 Å². The molecular weight excluding hydrogens is 518 g/mol. The molecule has 0 aliphatic rings. The van der Waals surface area contributed by atoms with E-state index in [-0.39, 0.29) is 30.1 Å². The number of hydrogen-bond acceptors (Lipinski definition) is 12. The van der Waals surface area contributed by atoms with Crippen LogP contribution in [0, 0.1) is 0 Å². The number of rotatable bonds is 16. The third kappa shape index (κ3) is 18.2. The predicted molar refractivity (Wildman–Crippen MR) is 127 cm³/mol. The van der Waals surface area contributed by atoms with E-state index in [2.05, 4.69) is 23.3 Å². The van der Waals surface area contributed by atoms with Crippen LogP contribution in [0.4, 0.5) is 0 Å². The Morgan fingerprint density at radius 1 is 0.794 bits per heavy atom. The number of carboxylic acids is 4. The van der Waals surface area contributed by atoms with E-state index in [1.807, 2.05) is 0 Å². The summed E-state index contributed by atoms with van der Waals surface area (Å²) in [5.74, 6) is -5.38. The molecule has 4 atom stereocenters. The molecule has 34 heavy (non-hydrogen) atoms. The number of carboxylic acid groups (broad SMARTS) is 4. The van der Waals surface area contributed by atoms with Crippen LogP contribution in [-0.4, -0.2) is 104 Å². The second-order valence-corrected chi connectivity index (χ2v) is 9.27. The van der Waals surface area contributed by atoms with Gasteiger partial charge in [-0.2, -0.15) is 12.6 Å². The number of nitrogens with two attached hydrogens (primary N) is 3. The molecule has 0 rings (SSSR count). The van der Waals surface area contributed by atoms with Crippen LogP contribution < -0.4 is 27.8 Å². The molecular formula is C16H29N5O10S3. The van der Waals surface area contributed by atoms with Crippen LogP contribution in [-0.2, 0) is 28.8 Å². The zero-order chi connectivity index (χ0) is 26.8. The Morgan fingerprint density at radius 3 is 1.59 bits per heavy atom. The van der Waals surface area contributed by atoms with Gasteiger partial charge in [-0.15, -0.1) is 0 Å². The molecule has 0 aliphatic heterocycles. The lowest BCUT2D eigenvalue weighted by atomic mass is 10.1. The number of nitrogens with one attached hydrogen (secondary N) is 2. The van der Waals surface area contributed by atoms with Crippen LogP contribution >= 0.6 is 34.2 Å². The maximum atomic E-state index is 11.5. The van der Waals surface area contributed by atoms with Crippen LogP contribution in [0.5, 0.6) is 0 Å². The van der Waals surface area contributed by atoms with Crippen molar-refractivity contribution in [3.05, 3.63) is 0 Å². The number of thiol groups is 1. The average Bonchev–Trinajstić information content (AvgIpc) is 2.76. The predicted octanol–water partition coefficient (Wildman–Crippen LogP) is -3.01. The van der Waals surface area contributed by atoms with Crippen molar-refractivity contribution in [1.82, 2.24) is 10.6 Å². The van der Waals surface area contributed by atoms with Gasteiger partial charge in [0.2, 0.25) is 11.8 Å². The summed E-state index contributed by atoms with van der Waals surface area (Å²) in [6, 6.07) is -4.00. The van der Waals surface area contributed by atoms with Crippen molar-refractivity contribution in [2.24, 2.45) is 17.2 Å². The summed E-state index contributed by atoms with van der Waals surface area (Å²) in [5, 5.41) is 38.2. The quantitative estimate of drug-likeness (QED) is 0.0523. The summed E-state index contributed by atoms with van der Waals surface area (Å²) < 4.78 is 0. The minimum Gasteiger partial charge on any atom is -0.480 e. The average molecular weight is 548 g/mol. The van der Waals surface area contributed by atoms with E-state index in [4.69, 9.17) is 37.6 Å². The fourth-order valence-electron chi connectivity index (χ4n) is 1.54. The summed E-state index contributed by atoms with van der Waals surface area (Å²) in [5.41, 5.74) is 15.7. The number of hydrogen-bond donors (Lipinski definition) is 10. The maximum absolute atomic E-state index is 11.5. The molecule has 196 valence electrons. The van der Waals surface area contributed by atoms with Gasteiger partial charge >= 0.3 is 23.9 Å². The van der Waals surface area contributed by atoms with Gasteiger partial charge in [-0.05, 0) is 6.42 Å². The van der Waals surface area contributed by atoms with E-state index in [9.17, 15) is 28.8 Å². The molecule has 0 aliphatic carbocycles. The molecule has 3 unspecified atom stereocenters. The molecule has 0 spiro atoms. The van der Waals surface area contributed by atoms with E-state index in [0.717, 1.165) is 0 Å². The first kappa shape index (κ1) is 33.9. The van der Waals surface area contributed by atoms with Crippen LogP contribution in [0.15, 0.2) is 0 Å². The molecule has 0 saturated carbocycles. The number of amides is 2. The molecule has 2 amide bonds. The first-order valence-electron chi connectivity index (χ1n) is 9.32. The molecule has 0 bridgehead atoms. The highest BCUT2D eigenvalue weighted by molar-refractivity contribution is 8.76. The molecule has 0 aromatic carbocycles. The standard InChI is InChI=1S/C10H17N3O6S.C6H12N2O4S2/c11-5(10(18)19)1-2-7(14)13-6(4-20)9(17)12-3-8(15)16;7-3(5(9)10)1-13-14-2-4(8)6(11)12/h5-6,20H,1-4,11H2,(H,12,17)(H,13,14)(H,15,16)(H,18,19);3-4H,1-2,7-8H2,(H,9,10)(H,11,12)/t;3-,4?/m.0/s1. The number of carbonyl (C=O) groups is 6. The van der Waals surface area contributed by atoms with Gasteiger partial charge in [-0.3, -0.25) is 28.8 Å². The van der Waals surface area contributed by atoms with Crippen LogP contribution in [0.3, 0.4) is 0 Å². The van der Waals surface area contributed by atoms with E-state index < -0.39 is 66.4 Å². The Kier molecular flexibility index (Phi) is 19.1. The van der Waals surface area contributed by atoms with Gasteiger partial charge in [0.25, 0.3) is 0 Å². The fraction of sp³-hybridized carbons (Fsp3) is 0.625. The van der Waals surface area contributed by atoms with Crippen molar-refractivity contribution in [3.8, 4) is 0 Å².